The lowest BCUT2D eigenvalue weighted by molar-refractivity contribution is -0.116. The highest BCUT2D eigenvalue weighted by molar-refractivity contribution is 7.89. The van der Waals surface area contributed by atoms with E-state index in [9.17, 15) is 17.6 Å². The molecule has 1 N–H and O–H groups in total. The minimum atomic E-state index is -4.16. The SMILES string of the molecule is COc1ccc(NC(=O)CN(C)S(=O)(=O)c2cc(F)ccc2OC)c(OC)c1. The topological polar surface area (TPSA) is 94.2 Å². The second-order valence-corrected chi connectivity index (χ2v) is 7.68. The summed E-state index contributed by atoms with van der Waals surface area (Å²) in [7, 11) is 1.25. The Bertz CT molecular complexity index is 965. The van der Waals surface area contributed by atoms with Crippen LogP contribution in [0.4, 0.5) is 10.1 Å². The van der Waals surface area contributed by atoms with Crippen LogP contribution in [-0.2, 0) is 14.8 Å². The van der Waals surface area contributed by atoms with Crippen LogP contribution in [-0.4, -0.2) is 53.6 Å². The Kier molecular flexibility index (Phi) is 6.81. The molecule has 2 aromatic rings. The molecule has 0 spiro atoms. The average molecular weight is 412 g/mol. The van der Waals surface area contributed by atoms with Crippen molar-refractivity contribution in [2.75, 3.05) is 40.2 Å². The zero-order chi connectivity index (χ0) is 20.9. The molecule has 28 heavy (non-hydrogen) atoms. The number of nitrogens with zero attached hydrogens (tertiary/aromatic N) is 1. The molecule has 0 saturated heterocycles. The summed E-state index contributed by atoms with van der Waals surface area (Å²) in [5.74, 6) is -0.478. The Morgan fingerprint density at radius 3 is 2.32 bits per heavy atom. The van der Waals surface area contributed by atoms with E-state index in [4.69, 9.17) is 14.2 Å². The monoisotopic (exact) mass is 412 g/mol. The number of halogens is 1. The summed E-state index contributed by atoms with van der Waals surface area (Å²) in [4.78, 5) is 12.0. The van der Waals surface area contributed by atoms with Gasteiger partial charge in [-0.25, -0.2) is 12.8 Å². The van der Waals surface area contributed by atoms with Gasteiger partial charge >= 0.3 is 0 Å². The first-order valence-electron chi connectivity index (χ1n) is 8.04. The van der Waals surface area contributed by atoms with Crippen LogP contribution in [0.1, 0.15) is 0 Å². The predicted octanol–water partition coefficient (Wildman–Crippen LogP) is 2.11. The second-order valence-electron chi connectivity index (χ2n) is 5.67. The molecule has 0 unspecified atom stereocenters. The van der Waals surface area contributed by atoms with Gasteiger partial charge in [-0.15, -0.1) is 0 Å². The normalized spacial score (nSPS) is 11.2. The Morgan fingerprint density at radius 2 is 1.71 bits per heavy atom. The van der Waals surface area contributed by atoms with Crippen LogP contribution in [0.5, 0.6) is 17.2 Å². The molecular weight excluding hydrogens is 391 g/mol. The predicted molar refractivity (Wildman–Crippen MR) is 101 cm³/mol. The third kappa shape index (κ3) is 4.70. The van der Waals surface area contributed by atoms with Crippen molar-refractivity contribution in [1.82, 2.24) is 4.31 Å². The van der Waals surface area contributed by atoms with Gasteiger partial charge in [0, 0.05) is 13.1 Å². The van der Waals surface area contributed by atoms with E-state index >= 15 is 0 Å². The molecule has 0 aliphatic carbocycles. The highest BCUT2D eigenvalue weighted by atomic mass is 32.2. The molecule has 0 saturated carbocycles. The number of ether oxygens (including phenoxy) is 3. The molecular formula is C18H21FN2O6S. The van der Waals surface area contributed by atoms with E-state index in [2.05, 4.69) is 5.32 Å². The number of anilines is 1. The maximum Gasteiger partial charge on any atom is 0.247 e. The number of methoxy groups -OCH3 is 3. The van der Waals surface area contributed by atoms with Gasteiger partial charge < -0.3 is 19.5 Å². The number of benzene rings is 2. The Hall–Kier alpha value is -2.85. The Labute approximate surface area is 162 Å². The first-order chi connectivity index (χ1) is 13.2. The van der Waals surface area contributed by atoms with Crippen molar-refractivity contribution in [2.24, 2.45) is 0 Å². The standard InChI is InChI=1S/C18H21FN2O6S/c1-21(28(23,24)17-9-12(19)5-8-15(17)26-3)11-18(22)20-14-7-6-13(25-2)10-16(14)27-4/h5-10H,11H2,1-4H3,(H,20,22). The molecule has 0 fully saturated rings. The van der Waals surface area contributed by atoms with Crippen LogP contribution in [0.15, 0.2) is 41.3 Å². The number of rotatable bonds is 8. The van der Waals surface area contributed by atoms with Crippen molar-refractivity contribution in [3.05, 3.63) is 42.2 Å². The van der Waals surface area contributed by atoms with Crippen molar-refractivity contribution in [2.45, 2.75) is 4.90 Å². The molecule has 0 aromatic heterocycles. The zero-order valence-corrected chi connectivity index (χ0v) is 16.7. The van der Waals surface area contributed by atoms with E-state index in [1.54, 1.807) is 18.2 Å². The molecule has 0 aliphatic rings. The van der Waals surface area contributed by atoms with Crippen molar-refractivity contribution < 1.29 is 31.8 Å². The number of sulfonamides is 1. The maximum atomic E-state index is 13.5. The molecule has 2 rings (SSSR count). The van der Waals surface area contributed by atoms with Gasteiger partial charge in [-0.2, -0.15) is 4.31 Å². The number of carbonyl (C=O) groups excluding carboxylic acids is 1. The van der Waals surface area contributed by atoms with Gasteiger partial charge in [0.15, 0.2) is 0 Å². The summed E-state index contributed by atoms with van der Waals surface area (Å²) in [6.45, 7) is -0.503. The van der Waals surface area contributed by atoms with E-state index in [0.29, 0.717) is 17.2 Å². The van der Waals surface area contributed by atoms with Crippen molar-refractivity contribution in [1.29, 1.82) is 0 Å². The number of hydrogen-bond donors (Lipinski definition) is 1. The van der Waals surface area contributed by atoms with Crippen LogP contribution >= 0.6 is 0 Å². The third-order valence-electron chi connectivity index (χ3n) is 3.86. The van der Waals surface area contributed by atoms with Crippen molar-refractivity contribution >= 4 is 21.6 Å². The number of amides is 1. The van der Waals surface area contributed by atoms with E-state index in [0.717, 1.165) is 16.4 Å². The van der Waals surface area contributed by atoms with Crippen LogP contribution in [0.2, 0.25) is 0 Å². The van der Waals surface area contributed by atoms with Gasteiger partial charge in [-0.3, -0.25) is 4.79 Å². The second kappa shape index (κ2) is 8.89. The summed E-state index contributed by atoms with van der Waals surface area (Å²) in [5.41, 5.74) is 0.349. The first-order valence-corrected chi connectivity index (χ1v) is 9.48. The number of hydrogen-bond acceptors (Lipinski definition) is 6. The smallest absolute Gasteiger partial charge is 0.247 e. The molecule has 0 heterocycles. The van der Waals surface area contributed by atoms with E-state index in [-0.39, 0.29) is 10.6 Å². The van der Waals surface area contributed by atoms with Crippen LogP contribution in [0.25, 0.3) is 0 Å². The molecule has 1 amide bonds. The molecule has 152 valence electrons. The van der Waals surface area contributed by atoms with E-state index < -0.39 is 28.3 Å². The fraction of sp³-hybridized carbons (Fsp3) is 0.278. The molecule has 0 aliphatic heterocycles. The maximum absolute atomic E-state index is 13.5. The highest BCUT2D eigenvalue weighted by Gasteiger charge is 2.27. The molecule has 8 nitrogen and oxygen atoms in total. The van der Waals surface area contributed by atoms with E-state index in [1.807, 2.05) is 0 Å². The molecule has 0 radical (unpaired) electrons. The van der Waals surface area contributed by atoms with E-state index in [1.165, 1.54) is 34.4 Å². The van der Waals surface area contributed by atoms with Crippen LogP contribution < -0.4 is 19.5 Å². The van der Waals surface area contributed by atoms with Crippen molar-refractivity contribution in [3.63, 3.8) is 0 Å². The van der Waals surface area contributed by atoms with Gasteiger partial charge in [0.25, 0.3) is 0 Å². The molecule has 2 aromatic carbocycles. The summed E-state index contributed by atoms with van der Waals surface area (Å²) in [6.07, 6.45) is 0. The quantitative estimate of drug-likeness (QED) is 0.714. The molecule has 10 heteroatoms. The molecule has 0 atom stereocenters. The van der Waals surface area contributed by atoms with Gasteiger partial charge in [-0.1, -0.05) is 0 Å². The Balaban J connectivity index is 2.19. The Morgan fingerprint density at radius 1 is 1.04 bits per heavy atom. The zero-order valence-electron chi connectivity index (χ0n) is 15.9. The summed E-state index contributed by atoms with van der Waals surface area (Å²) >= 11 is 0. The lowest BCUT2D eigenvalue weighted by Crippen LogP contribution is -2.35. The van der Waals surface area contributed by atoms with Crippen LogP contribution in [0, 0.1) is 5.82 Å². The average Bonchev–Trinajstić information content (AvgIpc) is 2.68. The van der Waals surface area contributed by atoms with Gasteiger partial charge in [0.2, 0.25) is 15.9 Å². The fourth-order valence-electron chi connectivity index (χ4n) is 2.40. The van der Waals surface area contributed by atoms with Gasteiger partial charge in [0.05, 0.1) is 33.6 Å². The van der Waals surface area contributed by atoms with Crippen LogP contribution in [0.3, 0.4) is 0 Å². The number of carbonyl (C=O) groups is 1. The largest absolute Gasteiger partial charge is 0.497 e. The minimum absolute atomic E-state index is 0.0227. The molecule has 0 bridgehead atoms. The highest BCUT2D eigenvalue weighted by Crippen LogP contribution is 2.29. The lowest BCUT2D eigenvalue weighted by atomic mass is 10.2. The van der Waals surface area contributed by atoms with Crippen molar-refractivity contribution in [3.8, 4) is 17.2 Å². The third-order valence-corrected chi connectivity index (χ3v) is 5.69. The van der Waals surface area contributed by atoms with Gasteiger partial charge in [0.1, 0.15) is 28.0 Å². The lowest BCUT2D eigenvalue weighted by Gasteiger charge is -2.19. The number of nitrogens with one attached hydrogen (secondary N) is 1. The minimum Gasteiger partial charge on any atom is -0.497 e. The fourth-order valence-corrected chi connectivity index (χ4v) is 3.69. The summed E-state index contributed by atoms with van der Waals surface area (Å²) < 4.78 is 55.0. The summed E-state index contributed by atoms with van der Waals surface area (Å²) in [6, 6.07) is 7.90. The first kappa shape index (κ1) is 21.5. The van der Waals surface area contributed by atoms with Gasteiger partial charge in [-0.05, 0) is 30.3 Å². The summed E-state index contributed by atoms with van der Waals surface area (Å²) in [5, 5.41) is 2.58. The number of likely N-dealkylation sites (N-methyl/N-ethyl adjacent to an activating group) is 1.